The number of likely N-dealkylation sites (N-methyl/N-ethyl adjacent to an activating group) is 1. The first-order chi connectivity index (χ1) is 10.1. The van der Waals surface area contributed by atoms with Crippen LogP contribution >= 0.6 is 0 Å². The summed E-state index contributed by atoms with van der Waals surface area (Å²) in [5.41, 5.74) is 1.19. The Balaban J connectivity index is 1.94. The number of nitrogens with one attached hydrogen (secondary N) is 1. The number of amides is 1. The van der Waals surface area contributed by atoms with E-state index in [1.165, 1.54) is 12.3 Å². The van der Waals surface area contributed by atoms with Gasteiger partial charge >= 0.3 is 5.91 Å². The van der Waals surface area contributed by atoms with E-state index >= 15 is 0 Å². The molecule has 0 aliphatic rings. The summed E-state index contributed by atoms with van der Waals surface area (Å²) in [6.45, 7) is 2.47. The lowest BCUT2D eigenvalue weighted by molar-refractivity contribution is -0.607. The summed E-state index contributed by atoms with van der Waals surface area (Å²) in [5, 5.41) is 14.3. The SMILES string of the molecule is C[C@@H](CNC(=O)c1cccc[n+]1[O-])N(C)c1ccccc1. The lowest BCUT2D eigenvalue weighted by Gasteiger charge is -2.27. The summed E-state index contributed by atoms with van der Waals surface area (Å²) < 4.78 is 0.570. The highest BCUT2D eigenvalue weighted by Gasteiger charge is 2.17. The van der Waals surface area contributed by atoms with Crippen molar-refractivity contribution in [1.82, 2.24) is 5.32 Å². The van der Waals surface area contributed by atoms with E-state index in [4.69, 9.17) is 0 Å². The Hall–Kier alpha value is -2.56. The molecular formula is C16H19N3O2. The topological polar surface area (TPSA) is 59.3 Å². The van der Waals surface area contributed by atoms with Crippen LogP contribution in [0.2, 0.25) is 0 Å². The molecule has 5 heteroatoms. The molecule has 1 heterocycles. The Labute approximate surface area is 124 Å². The number of aromatic nitrogens is 1. The van der Waals surface area contributed by atoms with E-state index in [0.29, 0.717) is 11.3 Å². The molecule has 1 aromatic carbocycles. The van der Waals surface area contributed by atoms with E-state index in [-0.39, 0.29) is 17.6 Å². The molecule has 0 saturated heterocycles. The van der Waals surface area contributed by atoms with Crippen LogP contribution in [0.15, 0.2) is 54.7 Å². The predicted octanol–water partition coefficient (Wildman–Crippen LogP) is 1.57. The molecule has 1 N–H and O–H groups in total. The molecule has 2 rings (SSSR count). The zero-order valence-electron chi connectivity index (χ0n) is 12.2. The van der Waals surface area contributed by atoms with Crippen molar-refractivity contribution in [2.24, 2.45) is 0 Å². The molecule has 0 radical (unpaired) electrons. The molecule has 5 nitrogen and oxygen atoms in total. The zero-order chi connectivity index (χ0) is 15.2. The monoisotopic (exact) mass is 285 g/mol. The van der Waals surface area contributed by atoms with Gasteiger partial charge in [0.05, 0.1) is 0 Å². The summed E-state index contributed by atoms with van der Waals surface area (Å²) in [5.74, 6) is -0.362. The van der Waals surface area contributed by atoms with Crippen LogP contribution in [0, 0.1) is 5.21 Å². The van der Waals surface area contributed by atoms with E-state index in [2.05, 4.69) is 10.2 Å². The molecule has 1 aromatic heterocycles. The van der Waals surface area contributed by atoms with Crippen molar-refractivity contribution >= 4 is 11.6 Å². The van der Waals surface area contributed by atoms with Gasteiger partial charge in [-0.2, -0.15) is 4.73 Å². The van der Waals surface area contributed by atoms with Gasteiger partial charge in [-0.15, -0.1) is 0 Å². The van der Waals surface area contributed by atoms with Crippen molar-refractivity contribution in [3.8, 4) is 0 Å². The maximum absolute atomic E-state index is 12.0. The average molecular weight is 285 g/mol. The first-order valence-electron chi connectivity index (χ1n) is 6.84. The molecule has 0 aliphatic heterocycles. The second kappa shape index (κ2) is 6.74. The number of rotatable bonds is 5. The van der Waals surface area contributed by atoms with Gasteiger partial charge in [0, 0.05) is 37.5 Å². The number of anilines is 1. The second-order valence-corrected chi connectivity index (χ2v) is 4.92. The van der Waals surface area contributed by atoms with Crippen molar-refractivity contribution in [1.29, 1.82) is 0 Å². The van der Waals surface area contributed by atoms with Crippen molar-refractivity contribution in [3.63, 3.8) is 0 Å². The van der Waals surface area contributed by atoms with Crippen LogP contribution in [0.5, 0.6) is 0 Å². The summed E-state index contributed by atoms with van der Waals surface area (Å²) in [7, 11) is 1.97. The van der Waals surface area contributed by atoms with Crippen LogP contribution < -0.4 is 14.9 Å². The second-order valence-electron chi connectivity index (χ2n) is 4.92. The number of carbonyl (C=O) groups excluding carboxylic acids is 1. The van der Waals surface area contributed by atoms with Gasteiger partial charge in [0.25, 0.3) is 5.69 Å². The highest BCUT2D eigenvalue weighted by atomic mass is 16.5. The lowest BCUT2D eigenvalue weighted by Crippen LogP contribution is -2.44. The molecule has 0 bridgehead atoms. The molecule has 1 atom stereocenters. The number of benzene rings is 1. The highest BCUT2D eigenvalue weighted by Crippen LogP contribution is 2.13. The Bertz CT molecular complexity index is 601. The zero-order valence-corrected chi connectivity index (χ0v) is 12.2. The summed E-state index contributed by atoms with van der Waals surface area (Å²) in [6.07, 6.45) is 1.31. The van der Waals surface area contributed by atoms with E-state index in [1.807, 2.05) is 44.3 Å². The molecule has 2 aromatic rings. The van der Waals surface area contributed by atoms with Gasteiger partial charge in [-0.25, -0.2) is 0 Å². The molecule has 1 amide bonds. The number of carbonyl (C=O) groups is 1. The number of nitrogens with zero attached hydrogens (tertiary/aromatic N) is 2. The Kier molecular flexibility index (Phi) is 4.77. The van der Waals surface area contributed by atoms with Crippen LogP contribution in [-0.2, 0) is 0 Å². The summed E-state index contributed by atoms with van der Waals surface area (Å²) in [4.78, 5) is 14.1. The first kappa shape index (κ1) is 14.8. The number of hydrogen-bond acceptors (Lipinski definition) is 3. The molecule has 21 heavy (non-hydrogen) atoms. The molecule has 0 unspecified atom stereocenters. The largest absolute Gasteiger partial charge is 0.618 e. The van der Waals surface area contributed by atoms with Gasteiger partial charge in [-0.1, -0.05) is 18.2 Å². The summed E-state index contributed by atoms with van der Waals surface area (Å²) in [6, 6.07) is 14.8. The van der Waals surface area contributed by atoms with E-state index in [1.54, 1.807) is 12.1 Å². The van der Waals surface area contributed by atoms with Gasteiger partial charge < -0.3 is 15.4 Å². The third kappa shape index (κ3) is 3.72. The first-order valence-corrected chi connectivity index (χ1v) is 6.84. The fourth-order valence-electron chi connectivity index (χ4n) is 1.99. The van der Waals surface area contributed by atoms with Crippen LogP contribution in [0.4, 0.5) is 5.69 Å². The van der Waals surface area contributed by atoms with Crippen molar-refractivity contribution < 1.29 is 9.52 Å². The lowest BCUT2D eigenvalue weighted by atomic mass is 10.2. The van der Waals surface area contributed by atoms with Gasteiger partial charge in [0.2, 0.25) is 0 Å². The highest BCUT2D eigenvalue weighted by molar-refractivity contribution is 5.90. The van der Waals surface area contributed by atoms with Crippen LogP contribution in [-0.4, -0.2) is 25.5 Å². The number of hydrogen-bond donors (Lipinski definition) is 1. The third-order valence-electron chi connectivity index (χ3n) is 3.44. The molecule has 0 spiro atoms. The van der Waals surface area contributed by atoms with Gasteiger partial charge in [0.15, 0.2) is 6.20 Å². The van der Waals surface area contributed by atoms with Crippen LogP contribution in [0.25, 0.3) is 0 Å². The summed E-state index contributed by atoms with van der Waals surface area (Å²) >= 11 is 0. The quantitative estimate of drug-likeness (QED) is 0.670. The molecule has 110 valence electrons. The normalized spacial score (nSPS) is 11.7. The minimum absolute atomic E-state index is 0.104. The molecule has 0 fully saturated rings. The van der Waals surface area contributed by atoms with E-state index in [9.17, 15) is 10.0 Å². The molecular weight excluding hydrogens is 266 g/mol. The maximum atomic E-state index is 12.0. The Morgan fingerprint density at radius 1 is 1.24 bits per heavy atom. The molecule has 0 aliphatic carbocycles. The maximum Gasteiger partial charge on any atom is 0.317 e. The van der Waals surface area contributed by atoms with Gasteiger partial charge in [0.1, 0.15) is 0 Å². The van der Waals surface area contributed by atoms with Crippen LogP contribution in [0.3, 0.4) is 0 Å². The minimum Gasteiger partial charge on any atom is -0.618 e. The van der Waals surface area contributed by atoms with Gasteiger partial charge in [-0.05, 0) is 25.1 Å². The van der Waals surface area contributed by atoms with E-state index in [0.717, 1.165) is 5.69 Å². The third-order valence-corrected chi connectivity index (χ3v) is 3.44. The number of pyridine rings is 1. The van der Waals surface area contributed by atoms with Crippen LogP contribution in [0.1, 0.15) is 17.4 Å². The van der Waals surface area contributed by atoms with Gasteiger partial charge in [-0.3, -0.25) is 4.79 Å². The smallest absolute Gasteiger partial charge is 0.317 e. The fourth-order valence-corrected chi connectivity index (χ4v) is 1.99. The number of para-hydroxylation sites is 1. The Morgan fingerprint density at radius 2 is 1.90 bits per heavy atom. The van der Waals surface area contributed by atoms with Crippen molar-refractivity contribution in [3.05, 3.63) is 65.6 Å². The Morgan fingerprint density at radius 3 is 2.57 bits per heavy atom. The average Bonchev–Trinajstić information content (AvgIpc) is 2.52. The standard InChI is InChI=1S/C16H19N3O2/c1-13(18(2)14-8-4-3-5-9-14)12-17-16(20)15-10-6-7-11-19(15)21/h3-11,13H,12H2,1-2H3,(H,17,20)/t13-/m0/s1. The van der Waals surface area contributed by atoms with E-state index < -0.39 is 0 Å². The molecule has 0 saturated carbocycles. The minimum atomic E-state index is -0.362. The fraction of sp³-hybridized carbons (Fsp3) is 0.250. The van der Waals surface area contributed by atoms with Crippen molar-refractivity contribution in [2.45, 2.75) is 13.0 Å². The predicted molar refractivity (Wildman–Crippen MR) is 82.0 cm³/mol. The van der Waals surface area contributed by atoms with Crippen molar-refractivity contribution in [2.75, 3.05) is 18.5 Å².